The van der Waals surface area contributed by atoms with Gasteiger partial charge in [-0.05, 0) is 74.2 Å². The van der Waals surface area contributed by atoms with E-state index in [9.17, 15) is 13.5 Å². The summed E-state index contributed by atoms with van der Waals surface area (Å²) in [6.45, 7) is 6.08. The molecule has 1 saturated carbocycles. The third kappa shape index (κ3) is 3.81. The first kappa shape index (κ1) is 19.4. The van der Waals surface area contributed by atoms with Gasteiger partial charge in [-0.1, -0.05) is 6.07 Å². The van der Waals surface area contributed by atoms with Crippen molar-refractivity contribution in [1.82, 2.24) is 4.72 Å². The Hall–Kier alpha value is -1.41. The lowest BCUT2D eigenvalue weighted by Crippen LogP contribution is -2.42. The van der Waals surface area contributed by atoms with Crippen LogP contribution in [0.25, 0.3) is 0 Å². The van der Waals surface area contributed by atoms with Crippen LogP contribution in [-0.2, 0) is 15.6 Å². The van der Waals surface area contributed by atoms with E-state index in [4.69, 9.17) is 4.74 Å². The summed E-state index contributed by atoms with van der Waals surface area (Å²) in [5, 5.41) is 13.0. The summed E-state index contributed by atoms with van der Waals surface area (Å²) in [5.41, 5.74) is 0.419. The molecule has 1 atom stereocenters. The standard InChI is InChI=1S/C19H25NO4S2/c1-4-24-18-13(2)10-16(11-14(18)3)26(22,23)20-12-19(21,15-7-8-15)17-6-5-9-25-17/h5-6,9-11,15,20-21H,4,7-8,12H2,1-3H3. The zero-order valence-corrected chi connectivity index (χ0v) is 16.9. The van der Waals surface area contributed by atoms with Crippen molar-refractivity contribution in [3.05, 3.63) is 45.6 Å². The van der Waals surface area contributed by atoms with Crippen LogP contribution in [0.4, 0.5) is 0 Å². The molecule has 0 aliphatic heterocycles. The maximum Gasteiger partial charge on any atom is 0.240 e. The van der Waals surface area contributed by atoms with Crippen LogP contribution in [0.3, 0.4) is 0 Å². The van der Waals surface area contributed by atoms with E-state index in [2.05, 4.69) is 4.72 Å². The molecule has 0 saturated heterocycles. The third-order valence-corrected chi connectivity index (χ3v) is 7.18. The van der Waals surface area contributed by atoms with E-state index in [1.54, 1.807) is 12.1 Å². The summed E-state index contributed by atoms with van der Waals surface area (Å²) in [5.74, 6) is 0.826. The predicted molar refractivity (Wildman–Crippen MR) is 103 cm³/mol. The van der Waals surface area contributed by atoms with Crippen LogP contribution >= 0.6 is 11.3 Å². The van der Waals surface area contributed by atoms with E-state index in [0.717, 1.165) is 34.6 Å². The molecular weight excluding hydrogens is 370 g/mol. The lowest BCUT2D eigenvalue weighted by molar-refractivity contribution is 0.0222. The van der Waals surface area contributed by atoms with E-state index < -0.39 is 15.6 Å². The van der Waals surface area contributed by atoms with E-state index >= 15 is 0 Å². The minimum absolute atomic E-state index is 0.0220. The van der Waals surface area contributed by atoms with Crippen LogP contribution in [0.15, 0.2) is 34.5 Å². The summed E-state index contributed by atoms with van der Waals surface area (Å²) in [6, 6.07) is 6.97. The molecule has 1 unspecified atom stereocenters. The Bertz CT molecular complexity index is 850. The molecule has 1 fully saturated rings. The van der Waals surface area contributed by atoms with Gasteiger partial charge < -0.3 is 9.84 Å². The highest BCUT2D eigenvalue weighted by Gasteiger charge is 2.46. The second-order valence-electron chi connectivity index (χ2n) is 6.82. The van der Waals surface area contributed by atoms with Crippen molar-refractivity contribution in [3.63, 3.8) is 0 Å². The van der Waals surface area contributed by atoms with Gasteiger partial charge in [0.05, 0.1) is 11.5 Å². The molecule has 0 spiro atoms. The highest BCUT2D eigenvalue weighted by Crippen LogP contribution is 2.46. The fourth-order valence-corrected chi connectivity index (χ4v) is 5.39. The van der Waals surface area contributed by atoms with Crippen molar-refractivity contribution >= 4 is 21.4 Å². The Morgan fingerprint density at radius 2 is 1.96 bits per heavy atom. The predicted octanol–water partition coefficient (Wildman–Crippen LogP) is 3.34. The van der Waals surface area contributed by atoms with Gasteiger partial charge in [0.2, 0.25) is 10.0 Å². The minimum Gasteiger partial charge on any atom is -0.493 e. The average molecular weight is 396 g/mol. The van der Waals surface area contributed by atoms with Gasteiger partial charge in [-0.3, -0.25) is 0 Å². The summed E-state index contributed by atoms with van der Waals surface area (Å²) >= 11 is 1.46. The van der Waals surface area contributed by atoms with E-state index in [1.165, 1.54) is 11.3 Å². The molecule has 26 heavy (non-hydrogen) atoms. The minimum atomic E-state index is -3.73. The monoisotopic (exact) mass is 395 g/mol. The van der Waals surface area contributed by atoms with Gasteiger partial charge in [0.25, 0.3) is 0 Å². The van der Waals surface area contributed by atoms with Crippen LogP contribution in [0.2, 0.25) is 0 Å². The smallest absolute Gasteiger partial charge is 0.240 e. The quantitative estimate of drug-likeness (QED) is 0.719. The molecule has 0 amide bonds. The highest BCUT2D eigenvalue weighted by atomic mass is 32.2. The maximum atomic E-state index is 12.8. The van der Waals surface area contributed by atoms with Crippen LogP contribution in [0.1, 0.15) is 35.8 Å². The molecule has 1 aliphatic carbocycles. The maximum absolute atomic E-state index is 12.8. The summed E-state index contributed by atoms with van der Waals surface area (Å²) in [4.78, 5) is 1.00. The second kappa shape index (κ2) is 7.31. The molecule has 1 heterocycles. The molecule has 2 aromatic rings. The lowest BCUT2D eigenvalue weighted by atomic mass is 9.96. The number of ether oxygens (including phenoxy) is 1. The number of hydrogen-bond acceptors (Lipinski definition) is 5. The van der Waals surface area contributed by atoms with Crippen LogP contribution in [-0.4, -0.2) is 26.7 Å². The molecular formula is C19H25NO4S2. The molecule has 5 nitrogen and oxygen atoms in total. The molecule has 0 radical (unpaired) electrons. The molecule has 1 aromatic carbocycles. The lowest BCUT2D eigenvalue weighted by Gasteiger charge is -2.27. The Morgan fingerprint density at radius 3 is 2.46 bits per heavy atom. The first-order valence-corrected chi connectivity index (χ1v) is 11.1. The molecule has 3 rings (SSSR count). The SMILES string of the molecule is CCOc1c(C)cc(S(=O)(=O)NCC(O)(c2cccs2)C2CC2)cc1C. The number of hydrogen-bond donors (Lipinski definition) is 2. The number of nitrogens with one attached hydrogen (secondary N) is 1. The largest absolute Gasteiger partial charge is 0.493 e. The van der Waals surface area contributed by atoms with Crippen LogP contribution in [0, 0.1) is 19.8 Å². The summed E-state index contributed by atoms with van der Waals surface area (Å²) < 4.78 is 33.8. The Labute approximate surface area is 159 Å². The Morgan fingerprint density at radius 1 is 1.31 bits per heavy atom. The fraction of sp³-hybridized carbons (Fsp3) is 0.474. The van der Waals surface area contributed by atoms with Crippen LogP contribution in [0.5, 0.6) is 5.75 Å². The van der Waals surface area contributed by atoms with Gasteiger partial charge in [0.1, 0.15) is 11.4 Å². The van der Waals surface area contributed by atoms with Gasteiger partial charge in [-0.2, -0.15) is 0 Å². The van der Waals surface area contributed by atoms with Crippen molar-refractivity contribution in [2.75, 3.05) is 13.2 Å². The number of aryl methyl sites for hydroxylation is 2. The summed E-state index contributed by atoms with van der Waals surface area (Å²) in [7, 11) is -3.73. The number of thiophene rings is 1. The second-order valence-corrected chi connectivity index (χ2v) is 9.53. The third-order valence-electron chi connectivity index (χ3n) is 4.77. The van der Waals surface area contributed by atoms with Gasteiger partial charge >= 0.3 is 0 Å². The topological polar surface area (TPSA) is 75.6 Å². The van der Waals surface area contributed by atoms with Crippen molar-refractivity contribution < 1.29 is 18.3 Å². The first-order valence-electron chi connectivity index (χ1n) is 8.78. The number of benzene rings is 1. The van der Waals surface area contributed by atoms with Gasteiger partial charge in [-0.25, -0.2) is 13.1 Å². The van der Waals surface area contributed by atoms with Crippen molar-refractivity contribution in [1.29, 1.82) is 0 Å². The molecule has 0 bridgehead atoms. The van der Waals surface area contributed by atoms with Crippen molar-refractivity contribution in [2.45, 2.75) is 44.1 Å². The van der Waals surface area contributed by atoms with E-state index in [0.29, 0.717) is 6.61 Å². The first-order chi connectivity index (χ1) is 12.3. The van der Waals surface area contributed by atoms with Gasteiger partial charge in [0.15, 0.2) is 0 Å². The molecule has 1 aromatic heterocycles. The molecule has 7 heteroatoms. The fourth-order valence-electron chi connectivity index (χ4n) is 3.24. The van der Waals surface area contributed by atoms with Crippen LogP contribution < -0.4 is 9.46 Å². The zero-order valence-electron chi connectivity index (χ0n) is 15.3. The number of sulfonamides is 1. The zero-order chi connectivity index (χ0) is 18.9. The van der Waals surface area contributed by atoms with E-state index in [1.807, 2.05) is 38.3 Å². The summed E-state index contributed by atoms with van der Waals surface area (Å²) in [6.07, 6.45) is 1.83. The molecule has 1 aliphatic rings. The normalized spacial score (nSPS) is 17.1. The average Bonchev–Trinajstić information content (AvgIpc) is 3.31. The Balaban J connectivity index is 1.83. The number of rotatable bonds is 8. The van der Waals surface area contributed by atoms with Gasteiger partial charge in [0, 0.05) is 11.4 Å². The molecule has 2 N–H and O–H groups in total. The Kier molecular flexibility index (Phi) is 5.44. The molecule has 142 valence electrons. The van der Waals surface area contributed by atoms with E-state index in [-0.39, 0.29) is 17.4 Å². The highest BCUT2D eigenvalue weighted by molar-refractivity contribution is 7.89. The van der Waals surface area contributed by atoms with Crippen molar-refractivity contribution in [3.8, 4) is 5.75 Å². The van der Waals surface area contributed by atoms with Gasteiger partial charge in [-0.15, -0.1) is 11.3 Å². The van der Waals surface area contributed by atoms with Crippen molar-refractivity contribution in [2.24, 2.45) is 5.92 Å². The number of aliphatic hydroxyl groups is 1.